The Morgan fingerprint density at radius 3 is 2.81 bits per heavy atom. The molecule has 0 aliphatic rings. The normalized spacial score (nSPS) is 10.4. The lowest BCUT2D eigenvalue weighted by Gasteiger charge is -2.08. The summed E-state index contributed by atoms with van der Waals surface area (Å²) in [4.78, 5) is 22.6. The number of carbonyl (C=O) groups is 1. The van der Waals surface area contributed by atoms with Crippen LogP contribution in [0.5, 0.6) is 5.75 Å². The summed E-state index contributed by atoms with van der Waals surface area (Å²) < 4.78 is 6.13. The highest BCUT2D eigenvalue weighted by atomic mass is 79.9. The van der Waals surface area contributed by atoms with E-state index in [4.69, 9.17) is 11.2 Å². The fraction of sp³-hybridized carbons (Fsp3) is 0.0526. The fourth-order valence-electron chi connectivity index (χ4n) is 2.08. The molecule has 8 heteroatoms. The highest BCUT2D eigenvalue weighted by molar-refractivity contribution is 9.10. The van der Waals surface area contributed by atoms with E-state index in [1.54, 1.807) is 18.2 Å². The zero-order valence-corrected chi connectivity index (χ0v) is 15.4. The summed E-state index contributed by atoms with van der Waals surface area (Å²) in [6.07, 6.45) is 6.54. The number of non-ortho nitro benzene ring substituents is 1. The van der Waals surface area contributed by atoms with E-state index in [-0.39, 0.29) is 23.6 Å². The van der Waals surface area contributed by atoms with Crippen molar-refractivity contribution in [2.24, 2.45) is 0 Å². The van der Waals surface area contributed by atoms with Gasteiger partial charge in [0, 0.05) is 27.9 Å². The van der Waals surface area contributed by atoms with Crippen LogP contribution in [0.3, 0.4) is 0 Å². The van der Waals surface area contributed by atoms with E-state index in [2.05, 4.69) is 27.2 Å². The van der Waals surface area contributed by atoms with E-state index in [0.29, 0.717) is 11.3 Å². The van der Waals surface area contributed by atoms with Crippen LogP contribution in [0, 0.1) is 33.8 Å². The smallest absolute Gasteiger partial charge is 0.271 e. The van der Waals surface area contributed by atoms with Crippen LogP contribution in [-0.2, 0) is 4.79 Å². The van der Waals surface area contributed by atoms with Gasteiger partial charge in [-0.2, -0.15) is 5.26 Å². The first-order valence-corrected chi connectivity index (χ1v) is 8.27. The van der Waals surface area contributed by atoms with E-state index < -0.39 is 10.8 Å². The standard InChI is InChI=1S/C19H12BrN3O4/c1-2-8-27-18-7-6-15(20)10-13(18)9-14(12-21)19(24)22-16-4-3-5-17(11-16)23(25)26/h1,3-7,9-11H,8H2,(H,22,24). The molecule has 2 aromatic carbocycles. The lowest BCUT2D eigenvalue weighted by Crippen LogP contribution is -2.13. The van der Waals surface area contributed by atoms with Crippen LogP contribution in [0.4, 0.5) is 11.4 Å². The van der Waals surface area contributed by atoms with Gasteiger partial charge in [-0.1, -0.05) is 27.9 Å². The predicted molar refractivity (Wildman–Crippen MR) is 104 cm³/mol. The van der Waals surface area contributed by atoms with E-state index in [9.17, 15) is 20.2 Å². The van der Waals surface area contributed by atoms with Crippen LogP contribution in [0.1, 0.15) is 5.56 Å². The molecule has 0 radical (unpaired) electrons. The average Bonchev–Trinajstić information content (AvgIpc) is 2.65. The lowest BCUT2D eigenvalue weighted by molar-refractivity contribution is -0.384. The summed E-state index contributed by atoms with van der Waals surface area (Å²) in [5, 5.41) is 22.6. The van der Waals surface area contributed by atoms with Gasteiger partial charge in [-0.25, -0.2) is 0 Å². The van der Waals surface area contributed by atoms with Gasteiger partial charge in [0.05, 0.1) is 4.92 Å². The van der Waals surface area contributed by atoms with Gasteiger partial charge < -0.3 is 10.1 Å². The van der Waals surface area contributed by atoms with Crippen LogP contribution in [0.2, 0.25) is 0 Å². The molecule has 0 bridgehead atoms. The van der Waals surface area contributed by atoms with Crippen molar-refractivity contribution in [3.05, 3.63) is 68.2 Å². The number of benzene rings is 2. The van der Waals surface area contributed by atoms with Crippen LogP contribution >= 0.6 is 15.9 Å². The highest BCUT2D eigenvalue weighted by Crippen LogP contribution is 2.26. The maximum Gasteiger partial charge on any atom is 0.271 e. The monoisotopic (exact) mass is 425 g/mol. The minimum atomic E-state index is -0.708. The molecule has 2 rings (SSSR count). The Morgan fingerprint density at radius 1 is 1.37 bits per heavy atom. The zero-order valence-electron chi connectivity index (χ0n) is 13.8. The van der Waals surface area contributed by atoms with Gasteiger partial charge in [-0.05, 0) is 30.3 Å². The summed E-state index contributed by atoms with van der Waals surface area (Å²) in [5.74, 6) is 2.04. The maximum atomic E-state index is 12.4. The van der Waals surface area contributed by atoms with Gasteiger partial charge in [-0.15, -0.1) is 6.42 Å². The number of hydrogen-bond acceptors (Lipinski definition) is 5. The van der Waals surface area contributed by atoms with E-state index in [0.717, 1.165) is 4.47 Å². The molecule has 134 valence electrons. The van der Waals surface area contributed by atoms with Crippen LogP contribution in [-0.4, -0.2) is 17.4 Å². The molecule has 0 heterocycles. The van der Waals surface area contributed by atoms with Gasteiger partial charge in [0.15, 0.2) is 0 Å². The molecular weight excluding hydrogens is 414 g/mol. The summed E-state index contributed by atoms with van der Waals surface area (Å²) in [6, 6.07) is 12.3. The van der Waals surface area contributed by atoms with Gasteiger partial charge in [0.25, 0.3) is 11.6 Å². The molecule has 7 nitrogen and oxygen atoms in total. The second kappa shape index (κ2) is 9.18. The van der Waals surface area contributed by atoms with Gasteiger partial charge in [0.2, 0.25) is 0 Å². The number of amides is 1. The van der Waals surface area contributed by atoms with Gasteiger partial charge in [-0.3, -0.25) is 14.9 Å². The van der Waals surface area contributed by atoms with Crippen molar-refractivity contribution in [2.75, 3.05) is 11.9 Å². The number of nitro groups is 1. The van der Waals surface area contributed by atoms with E-state index in [1.165, 1.54) is 30.3 Å². The average molecular weight is 426 g/mol. The van der Waals surface area contributed by atoms with Crippen LogP contribution in [0.25, 0.3) is 6.08 Å². The quantitative estimate of drug-likeness (QED) is 0.248. The first kappa shape index (κ1) is 19.7. The summed E-state index contributed by atoms with van der Waals surface area (Å²) in [7, 11) is 0. The first-order chi connectivity index (χ1) is 12.9. The van der Waals surface area contributed by atoms with Crippen molar-refractivity contribution in [1.82, 2.24) is 0 Å². The Balaban J connectivity index is 2.31. The van der Waals surface area contributed by atoms with E-state index >= 15 is 0 Å². The molecule has 2 aromatic rings. The molecular formula is C19H12BrN3O4. The minimum absolute atomic E-state index is 0.0320. The molecule has 1 amide bonds. The second-order valence-corrected chi connectivity index (χ2v) is 6.02. The molecule has 0 unspecified atom stereocenters. The number of ether oxygens (including phenoxy) is 1. The summed E-state index contributed by atoms with van der Waals surface area (Å²) in [6.45, 7) is 0.0320. The topological polar surface area (TPSA) is 105 Å². The molecule has 0 aliphatic carbocycles. The van der Waals surface area contributed by atoms with Crippen molar-refractivity contribution < 1.29 is 14.5 Å². The van der Waals surface area contributed by atoms with Gasteiger partial charge >= 0.3 is 0 Å². The van der Waals surface area contributed by atoms with Crippen molar-refractivity contribution in [3.8, 4) is 24.2 Å². The molecule has 27 heavy (non-hydrogen) atoms. The zero-order chi connectivity index (χ0) is 19.8. The Bertz CT molecular complexity index is 1000. The number of nitrogens with one attached hydrogen (secondary N) is 1. The van der Waals surface area contributed by atoms with Crippen molar-refractivity contribution >= 4 is 39.3 Å². The molecule has 0 fully saturated rings. The first-order valence-electron chi connectivity index (χ1n) is 7.48. The third-order valence-corrected chi connectivity index (χ3v) is 3.76. The summed E-state index contributed by atoms with van der Waals surface area (Å²) >= 11 is 3.32. The molecule has 0 spiro atoms. The fourth-order valence-corrected chi connectivity index (χ4v) is 2.46. The number of anilines is 1. The second-order valence-electron chi connectivity index (χ2n) is 5.11. The van der Waals surface area contributed by atoms with Crippen molar-refractivity contribution in [2.45, 2.75) is 0 Å². The lowest BCUT2D eigenvalue weighted by atomic mass is 10.1. The molecule has 0 aromatic heterocycles. The Kier molecular flexibility index (Phi) is 6.70. The van der Waals surface area contributed by atoms with Crippen molar-refractivity contribution in [3.63, 3.8) is 0 Å². The Morgan fingerprint density at radius 2 is 2.15 bits per heavy atom. The summed E-state index contributed by atoms with van der Waals surface area (Å²) in [5.41, 5.74) is 0.302. The molecule has 0 aliphatic heterocycles. The molecule has 0 atom stereocenters. The maximum absolute atomic E-state index is 12.4. The number of nitriles is 1. The number of halogens is 1. The van der Waals surface area contributed by atoms with Crippen molar-refractivity contribution in [1.29, 1.82) is 5.26 Å². The molecule has 1 N–H and O–H groups in total. The largest absolute Gasteiger partial charge is 0.480 e. The van der Waals surface area contributed by atoms with E-state index in [1.807, 2.05) is 6.07 Å². The predicted octanol–water partition coefficient (Wildman–Crippen LogP) is 3.91. The molecule has 0 saturated heterocycles. The third kappa shape index (κ3) is 5.43. The SMILES string of the molecule is C#CCOc1ccc(Br)cc1C=C(C#N)C(=O)Nc1cccc([N+](=O)[O-])c1. The number of nitro benzene ring substituents is 1. The number of nitrogens with zero attached hydrogens (tertiary/aromatic N) is 2. The minimum Gasteiger partial charge on any atom is -0.480 e. The Hall–Kier alpha value is -3.62. The third-order valence-electron chi connectivity index (χ3n) is 3.26. The highest BCUT2D eigenvalue weighted by Gasteiger charge is 2.13. The number of rotatable bonds is 6. The van der Waals surface area contributed by atoms with Crippen LogP contribution in [0.15, 0.2) is 52.5 Å². The Labute approximate surface area is 163 Å². The number of terminal acetylenes is 1. The molecule has 0 saturated carbocycles. The number of hydrogen-bond donors (Lipinski definition) is 1. The number of carbonyl (C=O) groups excluding carboxylic acids is 1. The van der Waals surface area contributed by atoms with Gasteiger partial charge in [0.1, 0.15) is 24.0 Å². The van der Waals surface area contributed by atoms with Crippen LogP contribution < -0.4 is 10.1 Å².